The van der Waals surface area contributed by atoms with Crippen LogP contribution in [0.3, 0.4) is 0 Å². The van der Waals surface area contributed by atoms with Gasteiger partial charge in [0.1, 0.15) is 17.6 Å². The van der Waals surface area contributed by atoms with E-state index in [0.717, 1.165) is 27.9 Å². The van der Waals surface area contributed by atoms with Crippen LogP contribution in [0.2, 0.25) is 0 Å². The molecule has 0 unspecified atom stereocenters. The molecule has 0 aliphatic heterocycles. The second-order valence-electron chi connectivity index (χ2n) is 6.65. The van der Waals surface area contributed by atoms with Crippen LogP contribution in [0.15, 0.2) is 48.5 Å². The number of hydrogen-bond acceptors (Lipinski definition) is 4. The van der Waals surface area contributed by atoms with Gasteiger partial charge in [0.05, 0.1) is 18.6 Å². The zero-order chi connectivity index (χ0) is 21.4. The van der Waals surface area contributed by atoms with Crippen molar-refractivity contribution in [3.63, 3.8) is 0 Å². The van der Waals surface area contributed by atoms with Crippen molar-refractivity contribution >= 4 is 21.6 Å². The molecule has 0 fully saturated rings. The molecule has 1 atom stereocenters. The SMILES string of the molecule is CCOc1ccccc1CCCNC(=O)[C@H](C)N(c1cccc(F)c1)S(C)(=O)=O. The fourth-order valence-corrected chi connectivity index (χ4v) is 4.23. The van der Waals surface area contributed by atoms with Gasteiger partial charge in [-0.2, -0.15) is 0 Å². The van der Waals surface area contributed by atoms with Crippen molar-refractivity contribution in [2.45, 2.75) is 32.7 Å². The summed E-state index contributed by atoms with van der Waals surface area (Å²) in [6.07, 6.45) is 2.37. The first-order valence-corrected chi connectivity index (χ1v) is 11.3. The number of aryl methyl sites for hydroxylation is 1. The highest BCUT2D eigenvalue weighted by molar-refractivity contribution is 7.92. The molecule has 1 N–H and O–H groups in total. The third-order valence-corrected chi connectivity index (χ3v) is 5.59. The highest BCUT2D eigenvalue weighted by atomic mass is 32.2. The van der Waals surface area contributed by atoms with Crippen molar-refractivity contribution in [1.82, 2.24) is 5.32 Å². The molecule has 158 valence electrons. The molecule has 2 aromatic carbocycles. The minimum absolute atomic E-state index is 0.112. The predicted octanol–water partition coefficient (Wildman–Crippen LogP) is 3.13. The minimum Gasteiger partial charge on any atom is -0.494 e. The maximum absolute atomic E-state index is 13.5. The molecule has 0 bridgehead atoms. The number of para-hydroxylation sites is 1. The van der Waals surface area contributed by atoms with Gasteiger partial charge in [0, 0.05) is 6.54 Å². The molecule has 0 aromatic heterocycles. The van der Waals surface area contributed by atoms with Gasteiger partial charge in [0.15, 0.2) is 0 Å². The maximum atomic E-state index is 13.5. The third kappa shape index (κ3) is 6.45. The lowest BCUT2D eigenvalue weighted by atomic mass is 10.1. The number of anilines is 1. The Morgan fingerprint density at radius 1 is 1.21 bits per heavy atom. The van der Waals surface area contributed by atoms with Gasteiger partial charge in [0.2, 0.25) is 15.9 Å². The number of rotatable bonds is 10. The molecule has 0 heterocycles. The smallest absolute Gasteiger partial charge is 0.243 e. The van der Waals surface area contributed by atoms with E-state index in [9.17, 15) is 17.6 Å². The number of sulfonamides is 1. The van der Waals surface area contributed by atoms with Crippen LogP contribution in [0.4, 0.5) is 10.1 Å². The van der Waals surface area contributed by atoms with Gasteiger partial charge in [-0.05, 0) is 56.5 Å². The van der Waals surface area contributed by atoms with Crippen molar-refractivity contribution in [2.75, 3.05) is 23.7 Å². The summed E-state index contributed by atoms with van der Waals surface area (Å²) >= 11 is 0. The third-order valence-electron chi connectivity index (χ3n) is 4.35. The highest BCUT2D eigenvalue weighted by Gasteiger charge is 2.29. The first-order chi connectivity index (χ1) is 13.7. The second kappa shape index (κ2) is 10.2. The molecule has 0 aliphatic carbocycles. The fraction of sp³-hybridized carbons (Fsp3) is 0.381. The second-order valence-corrected chi connectivity index (χ2v) is 8.51. The molecule has 6 nitrogen and oxygen atoms in total. The standard InChI is InChI=1S/C21H27FN2O4S/c1-4-28-20-13-6-5-9-17(20)10-8-14-23-21(25)16(2)24(29(3,26)27)19-12-7-11-18(22)15-19/h5-7,9,11-13,15-16H,4,8,10,14H2,1-3H3,(H,23,25)/t16-/m0/s1. The number of amides is 1. The van der Waals surface area contributed by atoms with E-state index >= 15 is 0 Å². The molecular formula is C21H27FN2O4S. The van der Waals surface area contributed by atoms with Crippen LogP contribution < -0.4 is 14.4 Å². The summed E-state index contributed by atoms with van der Waals surface area (Å²) < 4.78 is 44.5. The van der Waals surface area contributed by atoms with Gasteiger partial charge in [-0.3, -0.25) is 9.10 Å². The van der Waals surface area contributed by atoms with Gasteiger partial charge >= 0.3 is 0 Å². The van der Waals surface area contributed by atoms with Crippen LogP contribution >= 0.6 is 0 Å². The van der Waals surface area contributed by atoms with Crippen molar-refractivity contribution in [1.29, 1.82) is 0 Å². The van der Waals surface area contributed by atoms with Crippen molar-refractivity contribution < 1.29 is 22.3 Å². The van der Waals surface area contributed by atoms with E-state index in [1.807, 2.05) is 31.2 Å². The molecule has 1 amide bonds. The number of hydrogen-bond donors (Lipinski definition) is 1. The minimum atomic E-state index is -3.78. The average molecular weight is 423 g/mol. The number of carbonyl (C=O) groups is 1. The van der Waals surface area contributed by atoms with Crippen molar-refractivity contribution in [2.24, 2.45) is 0 Å². The largest absolute Gasteiger partial charge is 0.494 e. The number of nitrogens with one attached hydrogen (secondary N) is 1. The molecule has 8 heteroatoms. The molecule has 0 radical (unpaired) electrons. The summed E-state index contributed by atoms with van der Waals surface area (Å²) in [5.74, 6) is -0.196. The zero-order valence-corrected chi connectivity index (χ0v) is 17.7. The monoisotopic (exact) mass is 422 g/mol. The van der Waals surface area contributed by atoms with Crippen LogP contribution in [0, 0.1) is 5.82 Å². The van der Waals surface area contributed by atoms with Gasteiger partial charge in [-0.25, -0.2) is 12.8 Å². The van der Waals surface area contributed by atoms with Crippen LogP contribution in [0.5, 0.6) is 5.75 Å². The Morgan fingerprint density at radius 3 is 2.59 bits per heavy atom. The van der Waals surface area contributed by atoms with E-state index in [4.69, 9.17) is 4.74 Å². The first kappa shape index (κ1) is 22.7. The molecule has 2 rings (SSSR count). The summed E-state index contributed by atoms with van der Waals surface area (Å²) in [6.45, 7) is 4.35. The zero-order valence-electron chi connectivity index (χ0n) is 16.9. The number of halogens is 1. The maximum Gasteiger partial charge on any atom is 0.243 e. The Hall–Kier alpha value is -2.61. The van der Waals surface area contributed by atoms with E-state index in [1.165, 1.54) is 25.1 Å². The Labute approximate surface area is 171 Å². The van der Waals surface area contributed by atoms with Crippen molar-refractivity contribution in [3.8, 4) is 5.75 Å². The highest BCUT2D eigenvalue weighted by Crippen LogP contribution is 2.22. The number of nitrogens with zero attached hydrogens (tertiary/aromatic N) is 1. The lowest BCUT2D eigenvalue weighted by Crippen LogP contribution is -2.48. The van der Waals surface area contributed by atoms with E-state index in [2.05, 4.69) is 5.32 Å². The topological polar surface area (TPSA) is 75.7 Å². The summed E-state index contributed by atoms with van der Waals surface area (Å²) in [5.41, 5.74) is 1.16. The van der Waals surface area contributed by atoms with Crippen LogP contribution in [-0.2, 0) is 21.2 Å². The normalized spacial score (nSPS) is 12.3. The molecular weight excluding hydrogens is 395 g/mol. The lowest BCUT2D eigenvalue weighted by molar-refractivity contribution is -0.121. The Kier molecular flexibility index (Phi) is 8.01. The van der Waals surface area contributed by atoms with Crippen LogP contribution in [0.25, 0.3) is 0 Å². The first-order valence-electron chi connectivity index (χ1n) is 9.47. The Balaban J connectivity index is 1.98. The molecule has 0 saturated heterocycles. The number of benzene rings is 2. The Morgan fingerprint density at radius 2 is 1.93 bits per heavy atom. The number of carbonyl (C=O) groups excluding carboxylic acids is 1. The van der Waals surface area contributed by atoms with Crippen LogP contribution in [-0.4, -0.2) is 39.8 Å². The lowest BCUT2D eigenvalue weighted by Gasteiger charge is -2.28. The molecule has 0 spiro atoms. The average Bonchev–Trinajstić information content (AvgIpc) is 2.65. The van der Waals surface area contributed by atoms with E-state index in [1.54, 1.807) is 0 Å². The van der Waals surface area contributed by atoms with E-state index in [-0.39, 0.29) is 5.69 Å². The molecule has 0 aliphatic rings. The van der Waals surface area contributed by atoms with Gasteiger partial charge in [-0.15, -0.1) is 0 Å². The quantitative estimate of drug-likeness (QED) is 0.597. The number of ether oxygens (including phenoxy) is 1. The molecule has 2 aromatic rings. The van der Waals surface area contributed by atoms with Crippen LogP contribution in [0.1, 0.15) is 25.8 Å². The predicted molar refractivity (Wildman–Crippen MR) is 112 cm³/mol. The fourth-order valence-electron chi connectivity index (χ4n) is 3.07. The van der Waals surface area contributed by atoms with Gasteiger partial charge in [0.25, 0.3) is 0 Å². The summed E-state index contributed by atoms with van der Waals surface area (Å²) in [6, 6.07) is 11.9. The summed E-state index contributed by atoms with van der Waals surface area (Å²) in [7, 11) is -3.78. The van der Waals surface area contributed by atoms with E-state index < -0.39 is 27.8 Å². The molecule has 0 saturated carbocycles. The Bertz CT molecular complexity index is 934. The molecule has 29 heavy (non-hydrogen) atoms. The summed E-state index contributed by atoms with van der Waals surface area (Å²) in [4.78, 5) is 12.5. The van der Waals surface area contributed by atoms with E-state index in [0.29, 0.717) is 26.0 Å². The van der Waals surface area contributed by atoms with Gasteiger partial charge < -0.3 is 10.1 Å². The summed E-state index contributed by atoms with van der Waals surface area (Å²) in [5, 5.41) is 2.76. The van der Waals surface area contributed by atoms with Crippen molar-refractivity contribution in [3.05, 3.63) is 59.9 Å². The van der Waals surface area contributed by atoms with Gasteiger partial charge in [-0.1, -0.05) is 24.3 Å².